The number of benzene rings is 1. The summed E-state index contributed by atoms with van der Waals surface area (Å²) in [6, 6.07) is 12.5. The molecule has 1 aromatic carbocycles. The van der Waals surface area contributed by atoms with E-state index in [9.17, 15) is 0 Å². The number of aryl methyl sites for hydroxylation is 1. The molecule has 1 unspecified atom stereocenters. The van der Waals surface area contributed by atoms with Crippen LogP contribution < -0.4 is 5.32 Å². The fourth-order valence-electron chi connectivity index (χ4n) is 1.92. The van der Waals surface area contributed by atoms with Crippen molar-refractivity contribution in [2.75, 3.05) is 5.32 Å². The SMILES string of the molecule is CCCc1nc(Br)cc(NC(C)c2ccccc2)n1. The maximum atomic E-state index is 4.54. The second-order valence-electron chi connectivity index (χ2n) is 4.52. The standard InChI is InChI=1S/C15H18BrN3/c1-3-7-14-18-13(16)10-15(19-14)17-11(2)12-8-5-4-6-9-12/h4-6,8-11H,3,7H2,1-2H3,(H,17,18,19). The Hall–Kier alpha value is -1.42. The van der Waals surface area contributed by atoms with Crippen LogP contribution in [-0.2, 0) is 6.42 Å². The highest BCUT2D eigenvalue weighted by Gasteiger charge is 2.07. The molecule has 0 radical (unpaired) electrons. The summed E-state index contributed by atoms with van der Waals surface area (Å²) in [7, 11) is 0. The molecule has 1 atom stereocenters. The molecule has 0 spiro atoms. The number of anilines is 1. The molecule has 100 valence electrons. The third kappa shape index (κ3) is 4.03. The molecule has 1 heterocycles. The minimum Gasteiger partial charge on any atom is -0.363 e. The first-order valence-corrected chi connectivity index (χ1v) is 7.33. The normalized spacial score (nSPS) is 12.2. The zero-order valence-corrected chi connectivity index (χ0v) is 12.8. The van der Waals surface area contributed by atoms with E-state index in [1.54, 1.807) is 0 Å². The van der Waals surface area contributed by atoms with Crippen molar-refractivity contribution in [1.29, 1.82) is 0 Å². The largest absolute Gasteiger partial charge is 0.363 e. The Balaban J connectivity index is 2.14. The maximum absolute atomic E-state index is 4.54. The van der Waals surface area contributed by atoms with Gasteiger partial charge in [-0.3, -0.25) is 0 Å². The molecule has 0 amide bonds. The average Bonchev–Trinajstić information content (AvgIpc) is 2.39. The Morgan fingerprint density at radius 3 is 2.63 bits per heavy atom. The van der Waals surface area contributed by atoms with Crippen molar-refractivity contribution in [1.82, 2.24) is 9.97 Å². The molecule has 0 aliphatic rings. The number of hydrogen-bond donors (Lipinski definition) is 1. The molecule has 19 heavy (non-hydrogen) atoms. The highest BCUT2D eigenvalue weighted by molar-refractivity contribution is 9.10. The Morgan fingerprint density at radius 2 is 1.95 bits per heavy atom. The summed E-state index contributed by atoms with van der Waals surface area (Å²) in [5, 5.41) is 3.42. The van der Waals surface area contributed by atoms with Crippen LogP contribution >= 0.6 is 15.9 Å². The first-order chi connectivity index (χ1) is 9.19. The van der Waals surface area contributed by atoms with Crippen LogP contribution in [0.15, 0.2) is 41.0 Å². The van der Waals surface area contributed by atoms with Crippen LogP contribution in [0.2, 0.25) is 0 Å². The summed E-state index contributed by atoms with van der Waals surface area (Å²) in [5.41, 5.74) is 1.24. The van der Waals surface area contributed by atoms with Gasteiger partial charge >= 0.3 is 0 Å². The topological polar surface area (TPSA) is 37.8 Å². The van der Waals surface area contributed by atoms with Crippen LogP contribution in [0, 0.1) is 0 Å². The van der Waals surface area contributed by atoms with Crippen LogP contribution in [0.3, 0.4) is 0 Å². The molecular formula is C15H18BrN3. The Kier molecular flexibility index (Phi) is 4.91. The van der Waals surface area contributed by atoms with Gasteiger partial charge in [-0.15, -0.1) is 0 Å². The van der Waals surface area contributed by atoms with Crippen molar-refractivity contribution in [3.8, 4) is 0 Å². The summed E-state index contributed by atoms with van der Waals surface area (Å²) < 4.78 is 0.828. The average molecular weight is 320 g/mol. The lowest BCUT2D eigenvalue weighted by molar-refractivity contribution is 0.814. The summed E-state index contributed by atoms with van der Waals surface area (Å²) >= 11 is 3.44. The van der Waals surface area contributed by atoms with E-state index in [-0.39, 0.29) is 6.04 Å². The van der Waals surface area contributed by atoms with Crippen molar-refractivity contribution in [3.63, 3.8) is 0 Å². The summed E-state index contributed by atoms with van der Waals surface area (Å²) in [6.45, 7) is 4.26. The molecule has 0 aliphatic carbocycles. The maximum Gasteiger partial charge on any atom is 0.132 e. The minimum absolute atomic E-state index is 0.220. The summed E-state index contributed by atoms with van der Waals surface area (Å²) in [6.07, 6.45) is 1.94. The predicted octanol–water partition coefficient (Wildman–Crippen LogP) is 4.36. The molecule has 0 bridgehead atoms. The van der Waals surface area contributed by atoms with Crippen LogP contribution in [0.5, 0.6) is 0 Å². The fourth-order valence-corrected chi connectivity index (χ4v) is 2.34. The lowest BCUT2D eigenvalue weighted by Gasteiger charge is -2.15. The van der Waals surface area contributed by atoms with Crippen molar-refractivity contribution < 1.29 is 0 Å². The minimum atomic E-state index is 0.220. The molecule has 2 aromatic rings. The van der Waals surface area contributed by atoms with Crippen LogP contribution in [-0.4, -0.2) is 9.97 Å². The van der Waals surface area contributed by atoms with Gasteiger partial charge in [0.15, 0.2) is 0 Å². The zero-order chi connectivity index (χ0) is 13.7. The lowest BCUT2D eigenvalue weighted by atomic mass is 10.1. The Bertz CT molecular complexity index is 528. The molecule has 0 saturated carbocycles. The van der Waals surface area contributed by atoms with E-state index in [4.69, 9.17) is 0 Å². The zero-order valence-electron chi connectivity index (χ0n) is 11.2. The number of rotatable bonds is 5. The second-order valence-corrected chi connectivity index (χ2v) is 5.33. The first-order valence-electron chi connectivity index (χ1n) is 6.54. The third-order valence-corrected chi connectivity index (χ3v) is 3.29. The molecule has 1 aromatic heterocycles. The Morgan fingerprint density at radius 1 is 1.21 bits per heavy atom. The van der Waals surface area contributed by atoms with E-state index >= 15 is 0 Å². The van der Waals surface area contributed by atoms with Gasteiger partial charge in [0.2, 0.25) is 0 Å². The van der Waals surface area contributed by atoms with Gasteiger partial charge in [0.1, 0.15) is 16.2 Å². The van der Waals surface area contributed by atoms with Crippen LogP contribution in [0.25, 0.3) is 0 Å². The van der Waals surface area contributed by atoms with Gasteiger partial charge in [-0.2, -0.15) is 0 Å². The smallest absolute Gasteiger partial charge is 0.132 e. The number of halogens is 1. The van der Waals surface area contributed by atoms with Gasteiger partial charge in [0.05, 0.1) is 0 Å². The molecule has 0 aliphatic heterocycles. The summed E-state index contributed by atoms with van der Waals surface area (Å²) in [5.74, 6) is 1.74. The molecule has 4 heteroatoms. The van der Waals surface area contributed by atoms with Gasteiger partial charge in [-0.1, -0.05) is 37.3 Å². The fraction of sp³-hybridized carbons (Fsp3) is 0.333. The van der Waals surface area contributed by atoms with E-state index in [1.165, 1.54) is 5.56 Å². The number of nitrogens with zero attached hydrogens (tertiary/aromatic N) is 2. The van der Waals surface area contributed by atoms with Crippen LogP contribution in [0.1, 0.15) is 37.7 Å². The highest BCUT2D eigenvalue weighted by atomic mass is 79.9. The summed E-state index contributed by atoms with van der Waals surface area (Å²) in [4.78, 5) is 8.91. The van der Waals surface area contributed by atoms with Crippen molar-refractivity contribution in [2.24, 2.45) is 0 Å². The van der Waals surface area contributed by atoms with Gasteiger partial charge in [-0.05, 0) is 34.8 Å². The highest BCUT2D eigenvalue weighted by Crippen LogP contribution is 2.20. The monoisotopic (exact) mass is 319 g/mol. The quantitative estimate of drug-likeness (QED) is 0.832. The van der Waals surface area contributed by atoms with E-state index < -0.39 is 0 Å². The van der Waals surface area contributed by atoms with Gasteiger partial charge in [0.25, 0.3) is 0 Å². The molecular weight excluding hydrogens is 302 g/mol. The van der Waals surface area contributed by atoms with Gasteiger partial charge in [0, 0.05) is 18.5 Å². The number of aromatic nitrogens is 2. The first kappa shape index (κ1) is 14.0. The lowest BCUT2D eigenvalue weighted by Crippen LogP contribution is -2.09. The van der Waals surface area contributed by atoms with E-state index in [2.05, 4.69) is 57.2 Å². The van der Waals surface area contributed by atoms with E-state index in [0.29, 0.717) is 0 Å². The third-order valence-electron chi connectivity index (χ3n) is 2.88. The van der Waals surface area contributed by atoms with Crippen molar-refractivity contribution in [2.45, 2.75) is 32.7 Å². The number of nitrogens with one attached hydrogen (secondary N) is 1. The molecule has 0 saturated heterocycles. The predicted molar refractivity (Wildman–Crippen MR) is 82.2 cm³/mol. The van der Waals surface area contributed by atoms with Crippen molar-refractivity contribution >= 4 is 21.7 Å². The van der Waals surface area contributed by atoms with Crippen LogP contribution in [0.4, 0.5) is 5.82 Å². The van der Waals surface area contributed by atoms with Gasteiger partial charge in [-0.25, -0.2) is 9.97 Å². The molecule has 1 N–H and O–H groups in total. The molecule has 0 fully saturated rings. The second kappa shape index (κ2) is 6.66. The van der Waals surface area contributed by atoms with E-state index in [1.807, 2.05) is 24.3 Å². The molecule has 3 nitrogen and oxygen atoms in total. The Labute approximate surface area is 122 Å². The van der Waals surface area contributed by atoms with Gasteiger partial charge < -0.3 is 5.32 Å². The molecule has 2 rings (SSSR count). The number of hydrogen-bond acceptors (Lipinski definition) is 3. The van der Waals surface area contributed by atoms with E-state index in [0.717, 1.165) is 29.1 Å². The van der Waals surface area contributed by atoms with Crippen molar-refractivity contribution in [3.05, 3.63) is 52.4 Å².